The summed E-state index contributed by atoms with van der Waals surface area (Å²) in [4.78, 5) is 14.1. The van der Waals surface area contributed by atoms with E-state index in [0.29, 0.717) is 5.02 Å². The number of hydrogen-bond acceptors (Lipinski definition) is 1. The van der Waals surface area contributed by atoms with Gasteiger partial charge in [0.15, 0.2) is 0 Å². The zero-order valence-corrected chi connectivity index (χ0v) is 11.0. The standard InChI is InChI=1S/C14H17ClN2O/c15-12-4-6-13(7-5-12)16-14(18)17-8-10-2-1-3-11(10)9-17/h4-7,10-11H,1-3,8-9H2,(H,16,18). The highest BCUT2D eigenvalue weighted by molar-refractivity contribution is 6.30. The van der Waals surface area contributed by atoms with Gasteiger partial charge in [0.1, 0.15) is 0 Å². The summed E-state index contributed by atoms with van der Waals surface area (Å²) in [7, 11) is 0. The number of urea groups is 1. The third kappa shape index (κ3) is 2.32. The van der Waals surface area contributed by atoms with Gasteiger partial charge < -0.3 is 10.2 Å². The van der Waals surface area contributed by atoms with Crippen LogP contribution in [0.15, 0.2) is 24.3 Å². The first-order chi connectivity index (χ1) is 8.72. The number of carbonyl (C=O) groups is 1. The number of likely N-dealkylation sites (tertiary alicyclic amines) is 1. The van der Waals surface area contributed by atoms with Crippen molar-refractivity contribution in [3.63, 3.8) is 0 Å². The molecule has 1 saturated carbocycles. The smallest absolute Gasteiger partial charge is 0.321 e. The maximum absolute atomic E-state index is 12.1. The largest absolute Gasteiger partial charge is 0.324 e. The number of fused-ring (bicyclic) bond motifs is 1. The number of benzene rings is 1. The van der Waals surface area contributed by atoms with Crippen molar-refractivity contribution in [3.8, 4) is 0 Å². The Morgan fingerprint density at radius 1 is 1.17 bits per heavy atom. The van der Waals surface area contributed by atoms with Crippen molar-refractivity contribution < 1.29 is 4.79 Å². The maximum Gasteiger partial charge on any atom is 0.321 e. The van der Waals surface area contributed by atoms with Gasteiger partial charge in [0.25, 0.3) is 0 Å². The van der Waals surface area contributed by atoms with Gasteiger partial charge >= 0.3 is 6.03 Å². The normalized spacial score (nSPS) is 26.2. The summed E-state index contributed by atoms with van der Waals surface area (Å²) in [6.07, 6.45) is 3.91. The fourth-order valence-electron chi connectivity index (χ4n) is 3.14. The Balaban J connectivity index is 1.60. The lowest BCUT2D eigenvalue weighted by molar-refractivity contribution is 0.219. The second kappa shape index (κ2) is 4.81. The van der Waals surface area contributed by atoms with Gasteiger partial charge in [-0.3, -0.25) is 0 Å². The van der Waals surface area contributed by atoms with E-state index in [1.54, 1.807) is 12.1 Å². The van der Waals surface area contributed by atoms with Crippen LogP contribution in [-0.4, -0.2) is 24.0 Å². The zero-order valence-electron chi connectivity index (χ0n) is 10.2. The maximum atomic E-state index is 12.1. The molecule has 0 radical (unpaired) electrons. The van der Waals surface area contributed by atoms with Crippen molar-refractivity contribution in [2.24, 2.45) is 11.8 Å². The van der Waals surface area contributed by atoms with Crippen LogP contribution in [0.1, 0.15) is 19.3 Å². The van der Waals surface area contributed by atoms with Crippen molar-refractivity contribution in [1.29, 1.82) is 0 Å². The molecule has 0 aromatic heterocycles. The lowest BCUT2D eigenvalue weighted by Crippen LogP contribution is -2.33. The molecule has 1 aliphatic heterocycles. The van der Waals surface area contributed by atoms with Crippen molar-refractivity contribution in [2.75, 3.05) is 18.4 Å². The van der Waals surface area contributed by atoms with Gasteiger partial charge in [-0.1, -0.05) is 18.0 Å². The number of nitrogens with zero attached hydrogens (tertiary/aromatic N) is 1. The Morgan fingerprint density at radius 2 is 1.78 bits per heavy atom. The minimum absolute atomic E-state index is 0.0201. The van der Waals surface area contributed by atoms with Crippen LogP contribution in [0, 0.1) is 11.8 Å². The second-order valence-electron chi connectivity index (χ2n) is 5.29. The molecule has 3 nitrogen and oxygen atoms in total. The van der Waals surface area contributed by atoms with Gasteiger partial charge in [0.05, 0.1) is 0 Å². The van der Waals surface area contributed by atoms with Crippen LogP contribution in [0.4, 0.5) is 10.5 Å². The molecule has 2 fully saturated rings. The van der Waals surface area contributed by atoms with Gasteiger partial charge in [0, 0.05) is 23.8 Å². The highest BCUT2D eigenvalue weighted by Gasteiger charge is 2.37. The first kappa shape index (κ1) is 11.8. The number of amides is 2. The fourth-order valence-corrected chi connectivity index (χ4v) is 3.26. The first-order valence-electron chi connectivity index (χ1n) is 6.54. The molecule has 3 rings (SSSR count). The number of hydrogen-bond donors (Lipinski definition) is 1. The minimum Gasteiger partial charge on any atom is -0.324 e. The fraction of sp³-hybridized carbons (Fsp3) is 0.500. The molecule has 96 valence electrons. The summed E-state index contributed by atoms with van der Waals surface area (Å²) >= 11 is 5.82. The third-order valence-corrected chi connectivity index (χ3v) is 4.36. The molecule has 2 atom stereocenters. The molecule has 1 saturated heterocycles. The van der Waals surface area contributed by atoms with Crippen molar-refractivity contribution in [2.45, 2.75) is 19.3 Å². The van der Waals surface area contributed by atoms with Gasteiger partial charge in [-0.05, 0) is 48.9 Å². The number of rotatable bonds is 1. The zero-order chi connectivity index (χ0) is 12.5. The van der Waals surface area contributed by atoms with E-state index in [1.165, 1.54) is 19.3 Å². The Hall–Kier alpha value is -1.22. The molecule has 4 heteroatoms. The van der Waals surface area contributed by atoms with E-state index in [1.807, 2.05) is 17.0 Å². The molecule has 18 heavy (non-hydrogen) atoms. The molecular weight excluding hydrogens is 248 g/mol. The van der Waals surface area contributed by atoms with E-state index in [2.05, 4.69) is 5.32 Å². The van der Waals surface area contributed by atoms with E-state index in [4.69, 9.17) is 11.6 Å². The summed E-state index contributed by atoms with van der Waals surface area (Å²) in [5.74, 6) is 1.47. The van der Waals surface area contributed by atoms with Crippen LogP contribution in [0.25, 0.3) is 0 Å². The molecule has 0 spiro atoms. The topological polar surface area (TPSA) is 32.3 Å². The quantitative estimate of drug-likeness (QED) is 0.826. The van der Waals surface area contributed by atoms with Crippen molar-refractivity contribution in [3.05, 3.63) is 29.3 Å². The molecule has 1 heterocycles. The van der Waals surface area contributed by atoms with Crippen LogP contribution in [0.5, 0.6) is 0 Å². The van der Waals surface area contributed by atoms with Crippen LogP contribution in [0.2, 0.25) is 5.02 Å². The predicted molar refractivity (Wildman–Crippen MR) is 72.9 cm³/mol. The monoisotopic (exact) mass is 264 g/mol. The second-order valence-corrected chi connectivity index (χ2v) is 5.73. The van der Waals surface area contributed by atoms with Gasteiger partial charge in [-0.15, -0.1) is 0 Å². The first-order valence-corrected chi connectivity index (χ1v) is 6.91. The summed E-state index contributed by atoms with van der Waals surface area (Å²) in [5, 5.41) is 3.61. The van der Waals surface area contributed by atoms with Gasteiger partial charge in [-0.25, -0.2) is 4.79 Å². The van der Waals surface area contributed by atoms with Crippen LogP contribution in [0.3, 0.4) is 0 Å². The molecule has 2 aliphatic rings. The SMILES string of the molecule is O=C(Nc1ccc(Cl)cc1)N1CC2CCCC2C1. The average molecular weight is 265 g/mol. The van der Waals surface area contributed by atoms with Crippen LogP contribution < -0.4 is 5.32 Å². The van der Waals surface area contributed by atoms with E-state index < -0.39 is 0 Å². The van der Waals surface area contributed by atoms with Crippen LogP contribution >= 0.6 is 11.6 Å². The van der Waals surface area contributed by atoms with Crippen molar-refractivity contribution >= 4 is 23.3 Å². The summed E-state index contributed by atoms with van der Waals surface area (Å²) in [6.45, 7) is 1.84. The van der Waals surface area contributed by atoms with Gasteiger partial charge in [0.2, 0.25) is 0 Å². The Labute approximate surface area is 112 Å². The molecule has 1 aliphatic carbocycles. The summed E-state index contributed by atoms with van der Waals surface area (Å²) < 4.78 is 0. The molecular formula is C14H17ClN2O. The molecule has 2 amide bonds. The molecule has 0 bridgehead atoms. The predicted octanol–water partition coefficient (Wildman–Crippen LogP) is 3.60. The average Bonchev–Trinajstić information content (AvgIpc) is 2.92. The highest BCUT2D eigenvalue weighted by atomic mass is 35.5. The molecule has 2 unspecified atom stereocenters. The number of nitrogens with one attached hydrogen (secondary N) is 1. The lowest BCUT2D eigenvalue weighted by atomic mass is 10.0. The lowest BCUT2D eigenvalue weighted by Gasteiger charge is -2.18. The third-order valence-electron chi connectivity index (χ3n) is 4.11. The highest BCUT2D eigenvalue weighted by Crippen LogP contribution is 2.37. The minimum atomic E-state index is 0.0201. The Morgan fingerprint density at radius 3 is 2.39 bits per heavy atom. The Kier molecular flexibility index (Phi) is 3.16. The number of carbonyl (C=O) groups excluding carboxylic acids is 1. The Bertz CT molecular complexity index is 434. The van der Waals surface area contributed by atoms with E-state index in [9.17, 15) is 4.79 Å². The summed E-state index contributed by atoms with van der Waals surface area (Å²) in [6, 6.07) is 7.26. The van der Waals surface area contributed by atoms with Crippen LogP contribution in [-0.2, 0) is 0 Å². The number of anilines is 1. The van der Waals surface area contributed by atoms with E-state index >= 15 is 0 Å². The molecule has 1 N–H and O–H groups in total. The number of halogens is 1. The molecule has 1 aromatic rings. The molecule has 1 aromatic carbocycles. The van der Waals surface area contributed by atoms with E-state index in [0.717, 1.165) is 30.6 Å². The van der Waals surface area contributed by atoms with E-state index in [-0.39, 0.29) is 6.03 Å². The van der Waals surface area contributed by atoms with Crippen molar-refractivity contribution in [1.82, 2.24) is 4.90 Å². The van der Waals surface area contributed by atoms with Gasteiger partial charge in [-0.2, -0.15) is 0 Å². The summed E-state index contributed by atoms with van der Waals surface area (Å²) in [5.41, 5.74) is 0.807.